The highest BCUT2D eigenvalue weighted by Gasteiger charge is 2.07. The Labute approximate surface area is 82.2 Å². The maximum Gasteiger partial charge on any atom is 0.280 e. The zero-order valence-electron chi connectivity index (χ0n) is 7.96. The lowest BCUT2D eigenvalue weighted by Gasteiger charge is -1.99. The van der Waals surface area contributed by atoms with Gasteiger partial charge in [-0.05, 0) is 13.3 Å². The van der Waals surface area contributed by atoms with Gasteiger partial charge < -0.3 is 5.32 Å². The normalized spacial score (nSPS) is 10.0. The van der Waals surface area contributed by atoms with Crippen LogP contribution in [0.3, 0.4) is 0 Å². The lowest BCUT2D eigenvalue weighted by molar-refractivity contribution is 0.0952. The molecule has 1 N–H and O–H groups in total. The van der Waals surface area contributed by atoms with Gasteiger partial charge in [-0.2, -0.15) is 0 Å². The van der Waals surface area contributed by atoms with E-state index in [1.54, 1.807) is 0 Å². The number of hydrogen-bond acceptors (Lipinski definition) is 3. The Kier molecular flexibility index (Phi) is 3.89. The molecule has 1 amide bonds. The van der Waals surface area contributed by atoms with Gasteiger partial charge in [-0.1, -0.05) is 13.3 Å². The molecule has 0 saturated carbocycles. The van der Waals surface area contributed by atoms with E-state index >= 15 is 0 Å². The van der Waals surface area contributed by atoms with Crippen molar-refractivity contribution in [3.63, 3.8) is 0 Å². The fourth-order valence-corrected chi connectivity index (χ4v) is 1.62. The van der Waals surface area contributed by atoms with E-state index < -0.39 is 0 Å². The monoisotopic (exact) mass is 198 g/mol. The van der Waals surface area contributed by atoms with Gasteiger partial charge in [-0.3, -0.25) is 4.79 Å². The Hall–Kier alpha value is -0.900. The predicted octanol–water partition coefficient (Wildman–Crippen LogP) is 1.98. The Morgan fingerprint density at radius 3 is 3.00 bits per heavy atom. The molecule has 0 atom stereocenters. The molecule has 0 radical (unpaired) electrons. The van der Waals surface area contributed by atoms with Crippen molar-refractivity contribution in [2.45, 2.75) is 26.7 Å². The maximum atomic E-state index is 11.4. The maximum absolute atomic E-state index is 11.4. The predicted molar refractivity (Wildman–Crippen MR) is 54.1 cm³/mol. The molecule has 4 heteroatoms. The average Bonchev–Trinajstić information content (AvgIpc) is 2.52. The number of carbonyl (C=O) groups excluding carboxylic acids is 1. The van der Waals surface area contributed by atoms with Crippen molar-refractivity contribution in [2.75, 3.05) is 6.54 Å². The Bertz CT molecular complexity index is 283. The van der Waals surface area contributed by atoms with Crippen LogP contribution >= 0.6 is 11.3 Å². The quantitative estimate of drug-likeness (QED) is 0.752. The van der Waals surface area contributed by atoms with E-state index in [-0.39, 0.29) is 5.91 Å². The summed E-state index contributed by atoms with van der Waals surface area (Å²) in [6.07, 6.45) is 2.12. The van der Waals surface area contributed by atoms with Gasteiger partial charge >= 0.3 is 0 Å². The summed E-state index contributed by atoms with van der Waals surface area (Å²) in [5, 5.41) is 5.27. The zero-order chi connectivity index (χ0) is 9.68. The molecule has 0 unspecified atom stereocenters. The minimum Gasteiger partial charge on any atom is -0.350 e. The molecule has 3 nitrogen and oxygen atoms in total. The van der Waals surface area contributed by atoms with Gasteiger partial charge in [0.2, 0.25) is 0 Å². The molecule has 0 aliphatic rings. The summed E-state index contributed by atoms with van der Waals surface area (Å²) >= 11 is 1.39. The van der Waals surface area contributed by atoms with Crippen LogP contribution in [-0.2, 0) is 0 Å². The van der Waals surface area contributed by atoms with Crippen LogP contribution in [0.25, 0.3) is 0 Å². The number of unbranched alkanes of at least 4 members (excludes halogenated alkanes) is 1. The Morgan fingerprint density at radius 1 is 1.69 bits per heavy atom. The second-order valence-electron chi connectivity index (χ2n) is 2.90. The van der Waals surface area contributed by atoms with Crippen LogP contribution in [-0.4, -0.2) is 17.4 Å². The van der Waals surface area contributed by atoms with Crippen LogP contribution in [0, 0.1) is 6.92 Å². The van der Waals surface area contributed by atoms with Crippen LogP contribution < -0.4 is 5.32 Å². The summed E-state index contributed by atoms with van der Waals surface area (Å²) in [5.41, 5.74) is 0.908. The van der Waals surface area contributed by atoms with E-state index in [1.165, 1.54) is 11.3 Å². The lowest BCUT2D eigenvalue weighted by atomic mass is 10.3. The Morgan fingerprint density at radius 2 is 2.46 bits per heavy atom. The van der Waals surface area contributed by atoms with E-state index in [0.29, 0.717) is 5.01 Å². The first-order valence-electron chi connectivity index (χ1n) is 4.44. The second kappa shape index (κ2) is 4.97. The first kappa shape index (κ1) is 10.2. The van der Waals surface area contributed by atoms with Crippen LogP contribution in [0.15, 0.2) is 5.38 Å². The summed E-state index contributed by atoms with van der Waals surface area (Å²) in [6, 6.07) is 0. The lowest BCUT2D eigenvalue weighted by Crippen LogP contribution is -2.24. The topological polar surface area (TPSA) is 42.0 Å². The highest BCUT2D eigenvalue weighted by atomic mass is 32.1. The zero-order valence-corrected chi connectivity index (χ0v) is 8.78. The number of carbonyl (C=O) groups is 1. The molecule has 1 aromatic heterocycles. The van der Waals surface area contributed by atoms with E-state index in [1.807, 2.05) is 12.3 Å². The molecule has 72 valence electrons. The largest absolute Gasteiger partial charge is 0.350 e. The molecule has 0 bridgehead atoms. The van der Waals surface area contributed by atoms with Crippen molar-refractivity contribution in [1.29, 1.82) is 0 Å². The first-order chi connectivity index (χ1) is 6.24. The molecule has 1 aromatic rings. The van der Waals surface area contributed by atoms with Crippen molar-refractivity contribution in [3.8, 4) is 0 Å². The highest BCUT2D eigenvalue weighted by Crippen LogP contribution is 2.07. The average molecular weight is 198 g/mol. The van der Waals surface area contributed by atoms with E-state index in [2.05, 4.69) is 17.2 Å². The SMILES string of the molecule is CCCCNC(=O)c1nc(C)cs1. The van der Waals surface area contributed by atoms with Gasteiger partial charge in [0, 0.05) is 17.6 Å². The molecule has 0 aromatic carbocycles. The highest BCUT2D eigenvalue weighted by molar-refractivity contribution is 7.11. The van der Waals surface area contributed by atoms with Gasteiger partial charge in [0.1, 0.15) is 0 Å². The molecule has 0 saturated heterocycles. The molecule has 0 spiro atoms. The summed E-state index contributed by atoms with van der Waals surface area (Å²) < 4.78 is 0. The van der Waals surface area contributed by atoms with Crippen LogP contribution in [0.5, 0.6) is 0 Å². The van der Waals surface area contributed by atoms with Gasteiger partial charge in [-0.25, -0.2) is 4.98 Å². The van der Waals surface area contributed by atoms with Gasteiger partial charge in [0.05, 0.1) is 0 Å². The van der Waals surface area contributed by atoms with Gasteiger partial charge in [-0.15, -0.1) is 11.3 Å². The molecule has 0 fully saturated rings. The number of hydrogen-bond donors (Lipinski definition) is 1. The van der Waals surface area contributed by atoms with E-state index in [9.17, 15) is 4.79 Å². The minimum atomic E-state index is -0.0495. The first-order valence-corrected chi connectivity index (χ1v) is 5.32. The number of aromatic nitrogens is 1. The molecule has 1 rings (SSSR count). The fraction of sp³-hybridized carbons (Fsp3) is 0.556. The van der Waals surface area contributed by atoms with Crippen molar-refractivity contribution >= 4 is 17.2 Å². The summed E-state index contributed by atoms with van der Waals surface area (Å²) in [5.74, 6) is -0.0495. The van der Waals surface area contributed by atoms with Crippen LogP contribution in [0.4, 0.5) is 0 Å². The molecular weight excluding hydrogens is 184 g/mol. The standard InChI is InChI=1S/C9H14N2OS/c1-3-4-5-10-8(12)9-11-7(2)6-13-9/h6H,3-5H2,1-2H3,(H,10,12). The summed E-state index contributed by atoms with van der Waals surface area (Å²) in [6.45, 7) is 4.73. The summed E-state index contributed by atoms with van der Waals surface area (Å²) in [4.78, 5) is 15.5. The van der Waals surface area contributed by atoms with Crippen molar-refractivity contribution in [3.05, 3.63) is 16.1 Å². The van der Waals surface area contributed by atoms with Gasteiger partial charge in [0.25, 0.3) is 5.91 Å². The van der Waals surface area contributed by atoms with Crippen molar-refractivity contribution in [2.24, 2.45) is 0 Å². The number of rotatable bonds is 4. The molecule has 13 heavy (non-hydrogen) atoms. The Balaban J connectivity index is 2.40. The third-order valence-electron chi connectivity index (χ3n) is 1.63. The van der Waals surface area contributed by atoms with Crippen LogP contribution in [0.1, 0.15) is 35.3 Å². The third kappa shape index (κ3) is 3.14. The number of nitrogens with zero attached hydrogens (tertiary/aromatic N) is 1. The second-order valence-corrected chi connectivity index (χ2v) is 3.76. The molecule has 1 heterocycles. The number of aryl methyl sites for hydroxylation is 1. The van der Waals surface area contributed by atoms with E-state index in [4.69, 9.17) is 0 Å². The smallest absolute Gasteiger partial charge is 0.280 e. The van der Waals surface area contributed by atoms with Crippen molar-refractivity contribution < 1.29 is 4.79 Å². The van der Waals surface area contributed by atoms with Crippen molar-refractivity contribution in [1.82, 2.24) is 10.3 Å². The minimum absolute atomic E-state index is 0.0495. The third-order valence-corrected chi connectivity index (χ3v) is 2.59. The van der Waals surface area contributed by atoms with Crippen LogP contribution in [0.2, 0.25) is 0 Å². The molecule has 0 aliphatic heterocycles. The van der Waals surface area contributed by atoms with Gasteiger partial charge in [0.15, 0.2) is 5.01 Å². The summed E-state index contributed by atoms with van der Waals surface area (Å²) in [7, 11) is 0. The number of thiazole rings is 1. The molecule has 0 aliphatic carbocycles. The van der Waals surface area contributed by atoms with E-state index in [0.717, 1.165) is 25.1 Å². The molecular formula is C9H14N2OS. The fourth-order valence-electron chi connectivity index (χ4n) is 0.913. The number of nitrogens with one attached hydrogen (secondary N) is 1. The number of amides is 1.